The van der Waals surface area contributed by atoms with Crippen molar-refractivity contribution in [1.29, 1.82) is 0 Å². The van der Waals surface area contributed by atoms with Crippen LogP contribution in [0.4, 0.5) is 0 Å². The van der Waals surface area contributed by atoms with Crippen molar-refractivity contribution in [2.45, 2.75) is 379 Å². The Morgan fingerprint density at radius 2 is 0.614 bits per heavy atom. The van der Waals surface area contributed by atoms with Gasteiger partial charge in [0.15, 0.2) is 0 Å². The van der Waals surface area contributed by atoms with E-state index >= 15 is 0 Å². The maximum absolute atomic E-state index is 12.5. The first-order chi connectivity index (χ1) is 34.6. The van der Waals surface area contributed by atoms with E-state index in [1.165, 1.54) is 295 Å². The van der Waals surface area contributed by atoms with E-state index in [-0.39, 0.29) is 12.5 Å². The van der Waals surface area contributed by atoms with Gasteiger partial charge in [0.1, 0.15) is 6.10 Å². The third-order valence-electron chi connectivity index (χ3n) is 15.3. The fraction of sp³-hybridized carbons (Fsp3) is 0.923. The molecular weight excluding hydrogens is 859 g/mol. The van der Waals surface area contributed by atoms with Gasteiger partial charge in [0.2, 0.25) is 5.91 Å². The zero-order valence-corrected chi connectivity index (χ0v) is 47.7. The van der Waals surface area contributed by atoms with Gasteiger partial charge in [-0.3, -0.25) is 4.79 Å². The molecule has 0 rings (SSSR count). The van der Waals surface area contributed by atoms with Crippen LogP contribution in [0.5, 0.6) is 0 Å². The summed E-state index contributed by atoms with van der Waals surface area (Å²) in [6, 6.07) is -0.808. The highest BCUT2D eigenvalue weighted by atomic mass is 16.3. The van der Waals surface area contributed by atoms with Crippen LogP contribution in [-0.2, 0) is 4.79 Å². The number of hydrogen-bond acceptors (Lipinski definition) is 4. The molecule has 0 aliphatic carbocycles. The number of carbonyl (C=O) groups is 1. The molecule has 0 heterocycles. The summed E-state index contributed by atoms with van der Waals surface area (Å²) in [5.74, 6) is -0.138. The van der Waals surface area contributed by atoms with Gasteiger partial charge in [-0.25, -0.2) is 0 Å². The summed E-state index contributed by atoms with van der Waals surface area (Å²) in [5, 5.41) is 33.8. The number of aliphatic hydroxyl groups excluding tert-OH is 3. The van der Waals surface area contributed by atoms with Crippen LogP contribution in [-0.4, -0.2) is 46.1 Å². The molecule has 0 aliphatic heterocycles. The maximum atomic E-state index is 12.5. The molecule has 416 valence electrons. The van der Waals surface area contributed by atoms with Crippen molar-refractivity contribution in [1.82, 2.24) is 5.32 Å². The molecule has 0 spiro atoms. The number of carbonyl (C=O) groups excluding carboxylic acids is 1. The number of allylic oxidation sites excluding steroid dienone is 4. The summed E-state index contributed by atoms with van der Waals surface area (Å²) in [7, 11) is 0. The van der Waals surface area contributed by atoms with E-state index in [2.05, 4.69) is 43.5 Å². The minimum absolute atomic E-state index is 0.138. The first-order valence-corrected chi connectivity index (χ1v) is 32.1. The molecular formula is C65H127NO4. The van der Waals surface area contributed by atoms with Gasteiger partial charge in [-0.2, -0.15) is 0 Å². The van der Waals surface area contributed by atoms with Gasteiger partial charge in [0.05, 0.1) is 18.8 Å². The van der Waals surface area contributed by atoms with Crippen LogP contribution < -0.4 is 5.32 Å². The monoisotopic (exact) mass is 986 g/mol. The van der Waals surface area contributed by atoms with Crippen LogP contribution in [0.25, 0.3) is 0 Å². The standard InChI is InChI=1S/C65H127NO4/c1-3-5-7-9-11-13-15-17-19-21-22-23-24-25-26-27-28-29-30-31-32-33-34-35-36-37-38-39-40-41-42-44-46-48-50-52-54-56-58-60-64(69)66-62(61-67)65(70)63(68)59-57-55-53-51-49-47-45-43-20-18-16-14-12-10-8-6-4-2/h28-29,31-32,62-63,65,67-68,70H,3-27,30,33-61H2,1-2H3,(H,66,69)/b29-28-,32-31-. The van der Waals surface area contributed by atoms with Gasteiger partial charge < -0.3 is 20.6 Å². The highest BCUT2D eigenvalue weighted by molar-refractivity contribution is 5.76. The van der Waals surface area contributed by atoms with Gasteiger partial charge in [0.25, 0.3) is 0 Å². The molecule has 0 aromatic carbocycles. The summed E-state index contributed by atoms with van der Waals surface area (Å²) < 4.78 is 0. The first kappa shape index (κ1) is 68.8. The topological polar surface area (TPSA) is 89.8 Å². The Balaban J connectivity index is 3.45. The molecule has 5 nitrogen and oxygen atoms in total. The van der Waals surface area contributed by atoms with Crippen LogP contribution >= 0.6 is 0 Å². The van der Waals surface area contributed by atoms with Crippen molar-refractivity contribution in [3.05, 3.63) is 24.3 Å². The molecule has 5 heteroatoms. The van der Waals surface area contributed by atoms with Crippen molar-refractivity contribution in [3.63, 3.8) is 0 Å². The van der Waals surface area contributed by atoms with Crippen LogP contribution in [0.1, 0.15) is 361 Å². The van der Waals surface area contributed by atoms with Gasteiger partial charge >= 0.3 is 0 Å². The predicted molar refractivity (Wildman–Crippen MR) is 310 cm³/mol. The van der Waals surface area contributed by atoms with E-state index in [0.29, 0.717) is 12.8 Å². The van der Waals surface area contributed by atoms with Crippen molar-refractivity contribution >= 4 is 5.91 Å². The average Bonchev–Trinajstić information content (AvgIpc) is 3.36. The van der Waals surface area contributed by atoms with Crippen LogP contribution in [0.3, 0.4) is 0 Å². The second-order valence-electron chi connectivity index (χ2n) is 22.3. The largest absolute Gasteiger partial charge is 0.394 e. The molecule has 0 fully saturated rings. The smallest absolute Gasteiger partial charge is 0.220 e. The average molecular weight is 987 g/mol. The van der Waals surface area contributed by atoms with E-state index < -0.39 is 18.2 Å². The summed E-state index contributed by atoms with van der Waals surface area (Å²) in [5.41, 5.74) is 0. The van der Waals surface area contributed by atoms with Crippen molar-refractivity contribution in [2.75, 3.05) is 6.61 Å². The van der Waals surface area contributed by atoms with E-state index in [4.69, 9.17) is 0 Å². The second kappa shape index (κ2) is 60.4. The van der Waals surface area contributed by atoms with E-state index in [0.717, 1.165) is 38.5 Å². The highest BCUT2D eigenvalue weighted by Gasteiger charge is 2.26. The molecule has 0 aliphatic rings. The molecule has 70 heavy (non-hydrogen) atoms. The SMILES string of the molecule is CCCCCCCCCCCCCCCCC/C=C\C/C=C\CCCCCCCCCCCCCCCCCCCC(=O)NC(CO)C(O)C(O)CCCCCCCCCCCCCCCCCCC. The van der Waals surface area contributed by atoms with Gasteiger partial charge in [-0.15, -0.1) is 0 Å². The molecule has 0 aromatic rings. The summed E-state index contributed by atoms with van der Waals surface area (Å²) in [6.07, 6.45) is 78.0. The minimum Gasteiger partial charge on any atom is -0.394 e. The number of nitrogens with one attached hydrogen (secondary N) is 1. The van der Waals surface area contributed by atoms with Crippen molar-refractivity contribution < 1.29 is 20.1 Å². The molecule has 4 N–H and O–H groups in total. The lowest BCUT2D eigenvalue weighted by Gasteiger charge is -2.26. The number of hydrogen-bond donors (Lipinski definition) is 4. The van der Waals surface area contributed by atoms with Gasteiger partial charge in [-0.05, 0) is 44.9 Å². The number of rotatable bonds is 60. The number of aliphatic hydroxyl groups is 3. The van der Waals surface area contributed by atoms with Gasteiger partial charge in [-0.1, -0.05) is 334 Å². The third kappa shape index (κ3) is 54.6. The zero-order chi connectivity index (χ0) is 50.7. The Bertz CT molecular complexity index is 1040. The summed E-state index contributed by atoms with van der Waals surface area (Å²) >= 11 is 0. The Kier molecular flexibility index (Phi) is 59.4. The van der Waals surface area contributed by atoms with E-state index in [1.807, 2.05) is 0 Å². The lowest BCUT2D eigenvalue weighted by atomic mass is 9.99. The number of unbranched alkanes of at least 4 members (excludes halogenated alkanes) is 48. The molecule has 0 radical (unpaired) electrons. The maximum Gasteiger partial charge on any atom is 0.220 e. The van der Waals surface area contributed by atoms with Crippen molar-refractivity contribution in [2.24, 2.45) is 0 Å². The van der Waals surface area contributed by atoms with Crippen LogP contribution in [0, 0.1) is 0 Å². The Morgan fingerprint density at radius 3 is 0.900 bits per heavy atom. The van der Waals surface area contributed by atoms with Crippen LogP contribution in [0.2, 0.25) is 0 Å². The fourth-order valence-corrected chi connectivity index (χ4v) is 10.4. The molecule has 0 bridgehead atoms. The van der Waals surface area contributed by atoms with E-state index in [1.54, 1.807) is 0 Å². The molecule has 3 atom stereocenters. The quantitative estimate of drug-likeness (QED) is 0.0361. The molecule has 3 unspecified atom stereocenters. The normalized spacial score (nSPS) is 13.3. The molecule has 0 saturated carbocycles. The summed E-state index contributed by atoms with van der Waals surface area (Å²) in [4.78, 5) is 12.5. The fourth-order valence-electron chi connectivity index (χ4n) is 10.4. The lowest BCUT2D eigenvalue weighted by Crippen LogP contribution is -2.50. The molecule has 0 aromatic heterocycles. The Morgan fingerprint density at radius 1 is 0.357 bits per heavy atom. The summed E-state index contributed by atoms with van der Waals surface area (Å²) in [6.45, 7) is 4.22. The Hall–Kier alpha value is -1.17. The molecule has 0 saturated heterocycles. The predicted octanol–water partition coefficient (Wildman–Crippen LogP) is 20.4. The minimum atomic E-state index is -1.13. The molecule has 1 amide bonds. The van der Waals surface area contributed by atoms with E-state index in [9.17, 15) is 20.1 Å². The highest BCUT2D eigenvalue weighted by Crippen LogP contribution is 2.19. The lowest BCUT2D eigenvalue weighted by molar-refractivity contribution is -0.124. The first-order valence-electron chi connectivity index (χ1n) is 32.1. The second-order valence-corrected chi connectivity index (χ2v) is 22.3. The number of amides is 1. The Labute approximate surface area is 439 Å². The third-order valence-corrected chi connectivity index (χ3v) is 15.3. The zero-order valence-electron chi connectivity index (χ0n) is 47.7. The van der Waals surface area contributed by atoms with Gasteiger partial charge in [0, 0.05) is 6.42 Å². The van der Waals surface area contributed by atoms with Crippen LogP contribution in [0.15, 0.2) is 24.3 Å². The van der Waals surface area contributed by atoms with Crippen molar-refractivity contribution in [3.8, 4) is 0 Å².